The van der Waals surface area contributed by atoms with E-state index in [0.717, 1.165) is 10.0 Å². The number of benzene rings is 2. The van der Waals surface area contributed by atoms with Crippen LogP contribution in [0.25, 0.3) is 0 Å². The van der Waals surface area contributed by atoms with Crippen LogP contribution in [0.3, 0.4) is 0 Å². The third-order valence-corrected chi connectivity index (χ3v) is 5.22. The quantitative estimate of drug-likeness (QED) is 0.871. The number of nitrogens with zero attached hydrogens (tertiary/aromatic N) is 1. The van der Waals surface area contributed by atoms with Crippen molar-refractivity contribution >= 4 is 33.4 Å². The highest BCUT2D eigenvalue weighted by atomic mass is 79.9. The molecule has 1 aliphatic rings. The van der Waals surface area contributed by atoms with Crippen LogP contribution in [-0.4, -0.2) is 28.8 Å². The minimum Gasteiger partial charge on any atom is -0.328 e. The van der Waals surface area contributed by atoms with Crippen LogP contribution in [0.15, 0.2) is 59.1 Å². The standard InChI is InChI=1S/C19H19BrN2O2/c1-19(18(24)21-16-10-6-5-9-15(16)20)11-12-22(19)17(23)13-14-7-3-2-4-8-14/h2-10H,11-13H2,1H3,(H,21,24). The van der Waals surface area contributed by atoms with Gasteiger partial charge in [-0.2, -0.15) is 0 Å². The van der Waals surface area contributed by atoms with Gasteiger partial charge in [0.25, 0.3) is 0 Å². The molecule has 24 heavy (non-hydrogen) atoms. The number of nitrogens with one attached hydrogen (secondary N) is 1. The summed E-state index contributed by atoms with van der Waals surface area (Å²) >= 11 is 3.42. The molecule has 2 aromatic rings. The van der Waals surface area contributed by atoms with Crippen molar-refractivity contribution < 1.29 is 9.59 Å². The van der Waals surface area contributed by atoms with Gasteiger partial charge >= 0.3 is 0 Å². The average Bonchev–Trinajstić information content (AvgIpc) is 2.56. The first-order valence-electron chi connectivity index (χ1n) is 7.91. The van der Waals surface area contributed by atoms with Gasteiger partial charge in [0.15, 0.2) is 0 Å². The number of anilines is 1. The number of para-hydroxylation sites is 1. The Morgan fingerprint density at radius 2 is 1.79 bits per heavy atom. The van der Waals surface area contributed by atoms with Crippen LogP contribution in [0.2, 0.25) is 0 Å². The van der Waals surface area contributed by atoms with E-state index in [1.165, 1.54) is 0 Å². The first kappa shape index (κ1) is 16.7. The normalized spacial score (nSPS) is 19.5. The Kier molecular flexibility index (Phi) is 4.71. The molecule has 0 saturated carbocycles. The van der Waals surface area contributed by atoms with E-state index in [1.807, 2.05) is 61.5 Å². The van der Waals surface area contributed by atoms with Gasteiger partial charge in [-0.15, -0.1) is 0 Å². The highest BCUT2D eigenvalue weighted by Crippen LogP contribution is 2.33. The summed E-state index contributed by atoms with van der Waals surface area (Å²) < 4.78 is 0.823. The summed E-state index contributed by atoms with van der Waals surface area (Å²) in [5, 5.41) is 2.92. The van der Waals surface area contributed by atoms with Crippen LogP contribution < -0.4 is 5.32 Å². The molecule has 1 unspecified atom stereocenters. The molecule has 3 rings (SSSR count). The fourth-order valence-corrected chi connectivity index (χ4v) is 3.26. The van der Waals surface area contributed by atoms with Crippen LogP contribution >= 0.6 is 15.9 Å². The summed E-state index contributed by atoms with van der Waals surface area (Å²) in [6.45, 7) is 2.44. The average molecular weight is 387 g/mol. The second kappa shape index (κ2) is 6.77. The van der Waals surface area contributed by atoms with E-state index in [1.54, 1.807) is 4.90 Å². The molecule has 0 bridgehead atoms. The zero-order valence-corrected chi connectivity index (χ0v) is 15.0. The molecular formula is C19H19BrN2O2. The highest BCUT2D eigenvalue weighted by Gasteiger charge is 2.49. The number of halogens is 1. The zero-order chi connectivity index (χ0) is 17.2. The van der Waals surface area contributed by atoms with Crippen LogP contribution in [0.4, 0.5) is 5.69 Å². The van der Waals surface area contributed by atoms with Crippen LogP contribution in [-0.2, 0) is 16.0 Å². The van der Waals surface area contributed by atoms with Gasteiger partial charge in [-0.05, 0) is 47.0 Å². The largest absolute Gasteiger partial charge is 0.328 e. The minimum absolute atomic E-state index is 0.0165. The number of likely N-dealkylation sites (tertiary alicyclic amines) is 1. The number of carbonyl (C=O) groups excluding carboxylic acids is 2. The Morgan fingerprint density at radius 3 is 2.42 bits per heavy atom. The molecule has 124 valence electrons. The van der Waals surface area contributed by atoms with Gasteiger partial charge in [0.05, 0.1) is 12.1 Å². The molecule has 1 N–H and O–H groups in total. The lowest BCUT2D eigenvalue weighted by Crippen LogP contribution is -2.66. The summed E-state index contributed by atoms with van der Waals surface area (Å²) in [4.78, 5) is 27.0. The van der Waals surface area contributed by atoms with Crippen molar-refractivity contribution in [3.63, 3.8) is 0 Å². The second-order valence-electron chi connectivity index (χ2n) is 6.17. The van der Waals surface area contributed by atoms with Crippen LogP contribution in [0, 0.1) is 0 Å². The number of hydrogen-bond donors (Lipinski definition) is 1. The van der Waals surface area contributed by atoms with E-state index in [9.17, 15) is 9.59 Å². The highest BCUT2D eigenvalue weighted by molar-refractivity contribution is 9.10. The van der Waals surface area contributed by atoms with Crippen molar-refractivity contribution in [2.24, 2.45) is 0 Å². The van der Waals surface area contributed by atoms with Gasteiger partial charge in [0.2, 0.25) is 11.8 Å². The van der Waals surface area contributed by atoms with Crippen molar-refractivity contribution in [3.8, 4) is 0 Å². The maximum atomic E-state index is 12.7. The zero-order valence-electron chi connectivity index (χ0n) is 13.5. The number of hydrogen-bond acceptors (Lipinski definition) is 2. The van der Waals surface area contributed by atoms with Gasteiger partial charge in [-0.25, -0.2) is 0 Å². The van der Waals surface area contributed by atoms with Gasteiger partial charge < -0.3 is 10.2 Å². The summed E-state index contributed by atoms with van der Waals surface area (Å²) in [6.07, 6.45) is 0.989. The minimum atomic E-state index is -0.791. The van der Waals surface area contributed by atoms with Crippen molar-refractivity contribution in [2.45, 2.75) is 25.3 Å². The molecule has 0 radical (unpaired) electrons. The van der Waals surface area contributed by atoms with Crippen molar-refractivity contribution in [1.29, 1.82) is 0 Å². The molecule has 0 aliphatic carbocycles. The molecule has 1 atom stereocenters. The van der Waals surface area contributed by atoms with Gasteiger partial charge in [-0.1, -0.05) is 42.5 Å². The summed E-state index contributed by atoms with van der Waals surface area (Å²) in [5.41, 5.74) is 0.885. The molecule has 4 nitrogen and oxygen atoms in total. The lowest BCUT2D eigenvalue weighted by molar-refractivity contribution is -0.154. The Morgan fingerprint density at radius 1 is 1.12 bits per heavy atom. The molecule has 2 amide bonds. The fourth-order valence-electron chi connectivity index (χ4n) is 2.88. The topological polar surface area (TPSA) is 49.4 Å². The maximum Gasteiger partial charge on any atom is 0.250 e. The first-order chi connectivity index (χ1) is 11.5. The van der Waals surface area contributed by atoms with Gasteiger partial charge in [0, 0.05) is 11.0 Å². The molecule has 2 aromatic carbocycles. The van der Waals surface area contributed by atoms with E-state index in [4.69, 9.17) is 0 Å². The molecule has 1 fully saturated rings. The molecule has 1 saturated heterocycles. The van der Waals surface area contributed by atoms with Crippen molar-refractivity contribution in [3.05, 3.63) is 64.6 Å². The Labute approximate surface area is 150 Å². The lowest BCUT2D eigenvalue weighted by Gasteiger charge is -2.49. The molecule has 0 aromatic heterocycles. The smallest absolute Gasteiger partial charge is 0.250 e. The van der Waals surface area contributed by atoms with Gasteiger partial charge in [-0.3, -0.25) is 9.59 Å². The SMILES string of the molecule is CC1(C(=O)Nc2ccccc2Br)CCN1C(=O)Cc1ccccc1. The van der Waals surface area contributed by atoms with Crippen molar-refractivity contribution in [1.82, 2.24) is 4.90 Å². The molecule has 1 heterocycles. The van der Waals surface area contributed by atoms with E-state index in [2.05, 4.69) is 21.2 Å². The Bertz CT molecular complexity index is 763. The predicted molar refractivity (Wildman–Crippen MR) is 97.7 cm³/mol. The molecule has 1 aliphatic heterocycles. The molecular weight excluding hydrogens is 368 g/mol. The predicted octanol–water partition coefficient (Wildman–Crippen LogP) is 3.62. The van der Waals surface area contributed by atoms with Crippen LogP contribution in [0.5, 0.6) is 0 Å². The summed E-state index contributed by atoms with van der Waals surface area (Å²) in [7, 11) is 0. The third-order valence-electron chi connectivity index (χ3n) is 4.53. The lowest BCUT2D eigenvalue weighted by atomic mass is 9.84. The van der Waals surface area contributed by atoms with E-state index >= 15 is 0 Å². The monoisotopic (exact) mass is 386 g/mol. The summed E-state index contributed by atoms with van der Waals surface area (Å²) in [5.74, 6) is -0.167. The molecule has 5 heteroatoms. The number of rotatable bonds is 4. The van der Waals surface area contributed by atoms with E-state index < -0.39 is 5.54 Å². The Balaban J connectivity index is 1.69. The van der Waals surface area contributed by atoms with Crippen molar-refractivity contribution in [2.75, 3.05) is 11.9 Å². The van der Waals surface area contributed by atoms with E-state index in [0.29, 0.717) is 25.1 Å². The third kappa shape index (κ3) is 3.22. The van der Waals surface area contributed by atoms with Crippen LogP contribution in [0.1, 0.15) is 18.9 Å². The number of amides is 2. The Hall–Kier alpha value is -2.14. The second-order valence-corrected chi connectivity index (χ2v) is 7.02. The maximum absolute atomic E-state index is 12.7. The first-order valence-corrected chi connectivity index (χ1v) is 8.70. The number of carbonyl (C=O) groups is 2. The summed E-state index contributed by atoms with van der Waals surface area (Å²) in [6, 6.07) is 17.1. The fraction of sp³-hybridized carbons (Fsp3) is 0.263. The van der Waals surface area contributed by atoms with E-state index in [-0.39, 0.29) is 11.8 Å². The molecule has 0 spiro atoms. The van der Waals surface area contributed by atoms with Gasteiger partial charge in [0.1, 0.15) is 5.54 Å².